The van der Waals surface area contributed by atoms with Crippen molar-refractivity contribution in [3.05, 3.63) is 33.1 Å². The van der Waals surface area contributed by atoms with Crippen molar-refractivity contribution < 1.29 is 9.21 Å². The maximum atomic E-state index is 12.2. The van der Waals surface area contributed by atoms with Gasteiger partial charge in [-0.3, -0.25) is 4.79 Å². The molecular weight excluding hydrogens is 377 g/mol. The van der Waals surface area contributed by atoms with Crippen molar-refractivity contribution in [2.45, 2.75) is 44.6 Å². The van der Waals surface area contributed by atoms with Crippen molar-refractivity contribution in [3.63, 3.8) is 0 Å². The lowest BCUT2D eigenvalue weighted by atomic mass is 9.82. The minimum Gasteiger partial charge on any atom is -0.464 e. The molecule has 1 fully saturated rings. The summed E-state index contributed by atoms with van der Waals surface area (Å²) >= 11 is 2.39. The minimum absolute atomic E-state index is 0.221. The second-order valence-electron chi connectivity index (χ2n) is 6.33. The molecule has 0 radical (unpaired) electrons. The number of halogens is 1. The number of nitrogens with one attached hydrogen (secondary N) is 1. The fraction of sp³-hybridized carbons (Fsp3) is 0.471. The van der Waals surface area contributed by atoms with Gasteiger partial charge in [0.25, 0.3) is 0 Å². The van der Waals surface area contributed by atoms with Gasteiger partial charge in [0.2, 0.25) is 5.91 Å². The van der Waals surface area contributed by atoms with Crippen LogP contribution in [0.5, 0.6) is 0 Å². The summed E-state index contributed by atoms with van der Waals surface area (Å²) in [6.07, 6.45) is 8.01. The highest BCUT2D eigenvalue weighted by molar-refractivity contribution is 14.1. The number of carbonyl (C=O) groups excluding carboxylic acids is 1. The summed E-state index contributed by atoms with van der Waals surface area (Å²) in [5.41, 5.74) is 3.62. The summed E-state index contributed by atoms with van der Waals surface area (Å²) in [6, 6.07) is 4.60. The first-order chi connectivity index (χ1) is 10.2. The predicted octanol–water partition coefficient (Wildman–Crippen LogP) is 3.81. The van der Waals surface area contributed by atoms with Gasteiger partial charge in [0.15, 0.2) is 0 Å². The first-order valence-electron chi connectivity index (χ1n) is 7.67. The van der Waals surface area contributed by atoms with Crippen LogP contribution in [0.1, 0.15) is 36.8 Å². The Labute approximate surface area is 137 Å². The summed E-state index contributed by atoms with van der Waals surface area (Å²) in [6.45, 7) is 0. The maximum absolute atomic E-state index is 12.2. The number of hydrogen-bond acceptors (Lipinski definition) is 2. The summed E-state index contributed by atoms with van der Waals surface area (Å²) < 4.78 is 6.94. The average Bonchev–Trinajstić information content (AvgIpc) is 2.82. The highest BCUT2D eigenvalue weighted by Crippen LogP contribution is 2.37. The molecule has 0 aliphatic heterocycles. The van der Waals surface area contributed by atoms with Crippen LogP contribution in [0.2, 0.25) is 0 Å². The molecule has 110 valence electrons. The molecule has 1 aromatic heterocycles. The summed E-state index contributed by atoms with van der Waals surface area (Å²) in [5.74, 6) is 0.619. The molecule has 1 heterocycles. The van der Waals surface area contributed by atoms with Crippen LogP contribution < -0.4 is 5.32 Å². The smallest absolute Gasteiger partial charge is 0.220 e. The van der Waals surface area contributed by atoms with E-state index in [9.17, 15) is 4.79 Å². The molecule has 0 saturated heterocycles. The fourth-order valence-corrected chi connectivity index (χ4v) is 4.18. The first-order valence-corrected chi connectivity index (χ1v) is 8.75. The van der Waals surface area contributed by atoms with Gasteiger partial charge in [0.05, 0.1) is 6.26 Å². The van der Waals surface area contributed by atoms with Crippen LogP contribution in [0, 0.1) is 9.49 Å². The van der Waals surface area contributed by atoms with Crippen molar-refractivity contribution in [3.8, 4) is 0 Å². The van der Waals surface area contributed by atoms with E-state index in [2.05, 4.69) is 34.0 Å². The number of hydrogen-bond donors (Lipinski definition) is 1. The van der Waals surface area contributed by atoms with E-state index in [1.165, 1.54) is 26.5 Å². The van der Waals surface area contributed by atoms with Crippen LogP contribution in [0.25, 0.3) is 11.0 Å². The Morgan fingerprint density at radius 1 is 1.33 bits per heavy atom. The number of rotatable bonds is 3. The largest absolute Gasteiger partial charge is 0.464 e. The van der Waals surface area contributed by atoms with Crippen LogP contribution in [0.15, 0.2) is 22.8 Å². The van der Waals surface area contributed by atoms with E-state index in [-0.39, 0.29) is 5.91 Å². The monoisotopic (exact) mass is 395 g/mol. The molecule has 1 amide bonds. The highest BCUT2D eigenvalue weighted by atomic mass is 127. The topological polar surface area (TPSA) is 42.2 Å². The van der Waals surface area contributed by atoms with E-state index in [1.807, 2.05) is 12.3 Å². The summed E-state index contributed by atoms with van der Waals surface area (Å²) in [4.78, 5) is 12.2. The Hall–Kier alpha value is -1.04. The molecule has 1 atom stereocenters. The number of carbonyl (C=O) groups is 1. The number of amides is 1. The quantitative estimate of drug-likeness (QED) is 0.804. The normalized spacial score (nSPS) is 21.3. The van der Waals surface area contributed by atoms with Crippen molar-refractivity contribution in [1.29, 1.82) is 0 Å². The molecule has 21 heavy (non-hydrogen) atoms. The first kappa shape index (κ1) is 13.6. The molecule has 1 saturated carbocycles. The molecule has 1 aromatic carbocycles. The highest BCUT2D eigenvalue weighted by Gasteiger charge is 2.27. The molecule has 4 heteroatoms. The molecule has 4 rings (SSSR count). The number of furan rings is 1. The fourth-order valence-electron chi connectivity index (χ4n) is 3.51. The van der Waals surface area contributed by atoms with Gasteiger partial charge in [-0.25, -0.2) is 0 Å². The van der Waals surface area contributed by atoms with Gasteiger partial charge in [-0.05, 0) is 83.9 Å². The van der Waals surface area contributed by atoms with Gasteiger partial charge in [-0.1, -0.05) is 0 Å². The van der Waals surface area contributed by atoms with Crippen molar-refractivity contribution in [1.82, 2.24) is 5.32 Å². The van der Waals surface area contributed by atoms with Gasteiger partial charge in [-0.15, -0.1) is 0 Å². The number of benzene rings is 1. The zero-order chi connectivity index (χ0) is 14.4. The van der Waals surface area contributed by atoms with E-state index in [4.69, 9.17) is 4.42 Å². The SMILES string of the molecule is O=C(CC1Cc2coc3ccc(I)c(c23)C1)NC1CCC1. The summed E-state index contributed by atoms with van der Waals surface area (Å²) in [5, 5.41) is 4.45. The lowest BCUT2D eigenvalue weighted by Crippen LogP contribution is -2.40. The Morgan fingerprint density at radius 2 is 2.19 bits per heavy atom. The molecule has 0 bridgehead atoms. The molecule has 0 spiro atoms. The van der Waals surface area contributed by atoms with Crippen molar-refractivity contribution in [2.75, 3.05) is 0 Å². The lowest BCUT2D eigenvalue weighted by Gasteiger charge is -2.28. The second kappa shape index (κ2) is 5.30. The van der Waals surface area contributed by atoms with Gasteiger partial charge in [0.1, 0.15) is 5.58 Å². The minimum atomic E-state index is 0.221. The molecule has 3 nitrogen and oxygen atoms in total. The third-order valence-corrected chi connectivity index (χ3v) is 5.82. The van der Waals surface area contributed by atoms with Crippen LogP contribution in [-0.2, 0) is 17.6 Å². The van der Waals surface area contributed by atoms with Crippen molar-refractivity contribution >= 4 is 39.5 Å². The van der Waals surface area contributed by atoms with Gasteiger partial charge >= 0.3 is 0 Å². The van der Waals surface area contributed by atoms with Gasteiger partial charge in [-0.2, -0.15) is 0 Å². The molecule has 2 aromatic rings. The predicted molar refractivity (Wildman–Crippen MR) is 90.2 cm³/mol. The zero-order valence-corrected chi connectivity index (χ0v) is 14.0. The Morgan fingerprint density at radius 3 is 2.95 bits per heavy atom. The lowest BCUT2D eigenvalue weighted by molar-refractivity contribution is -0.123. The van der Waals surface area contributed by atoms with E-state index in [0.29, 0.717) is 18.4 Å². The van der Waals surface area contributed by atoms with Crippen molar-refractivity contribution in [2.24, 2.45) is 5.92 Å². The third-order valence-electron chi connectivity index (χ3n) is 4.81. The van der Waals surface area contributed by atoms with Crippen LogP contribution in [0.4, 0.5) is 0 Å². The Balaban J connectivity index is 1.52. The van der Waals surface area contributed by atoms with Crippen LogP contribution >= 0.6 is 22.6 Å². The van der Waals surface area contributed by atoms with E-state index in [1.54, 1.807) is 0 Å². The molecule has 2 aliphatic rings. The molecular formula is C17H18INO2. The van der Waals surface area contributed by atoms with E-state index < -0.39 is 0 Å². The Bertz CT molecular complexity index is 702. The van der Waals surface area contributed by atoms with E-state index >= 15 is 0 Å². The second-order valence-corrected chi connectivity index (χ2v) is 7.50. The zero-order valence-electron chi connectivity index (χ0n) is 11.8. The third kappa shape index (κ3) is 2.47. The summed E-state index contributed by atoms with van der Waals surface area (Å²) in [7, 11) is 0. The molecule has 1 unspecified atom stereocenters. The van der Waals surface area contributed by atoms with Crippen LogP contribution in [0.3, 0.4) is 0 Å². The van der Waals surface area contributed by atoms with Crippen LogP contribution in [-0.4, -0.2) is 11.9 Å². The average molecular weight is 395 g/mol. The Kier molecular flexibility index (Phi) is 3.44. The maximum Gasteiger partial charge on any atom is 0.220 e. The van der Waals surface area contributed by atoms with E-state index in [0.717, 1.165) is 31.3 Å². The molecule has 2 aliphatic carbocycles. The standard InChI is InChI=1S/C17H18INO2/c18-14-4-5-15-17-11(9-21-15)6-10(7-13(14)17)8-16(20)19-12-2-1-3-12/h4-5,9-10,12H,1-3,6-8H2,(H,19,20). The molecule has 1 N–H and O–H groups in total. The van der Waals surface area contributed by atoms with Gasteiger partial charge in [0, 0.05) is 21.4 Å². The van der Waals surface area contributed by atoms with Gasteiger partial charge < -0.3 is 9.73 Å².